The van der Waals surface area contributed by atoms with Crippen molar-refractivity contribution in [3.05, 3.63) is 111 Å². The summed E-state index contributed by atoms with van der Waals surface area (Å²) in [4.78, 5) is 35.2. The molecule has 10 nitrogen and oxygen atoms in total. The number of rotatable bonds is 7. The van der Waals surface area contributed by atoms with Gasteiger partial charge >= 0.3 is 11.6 Å². The van der Waals surface area contributed by atoms with Crippen LogP contribution in [0.2, 0.25) is 0 Å². The molecule has 194 valence electrons. The molecule has 0 saturated heterocycles. The Labute approximate surface area is 218 Å². The first kappa shape index (κ1) is 26.0. The molecule has 0 aliphatic heterocycles. The minimum atomic E-state index is -0.814. The molecule has 1 heterocycles. The summed E-state index contributed by atoms with van der Waals surface area (Å²) in [6, 6.07) is 18.7. The van der Waals surface area contributed by atoms with Gasteiger partial charge in [-0.2, -0.15) is 0 Å². The van der Waals surface area contributed by atoms with Crippen molar-refractivity contribution in [3.8, 4) is 16.9 Å². The number of hydrogen-bond acceptors (Lipinski definition) is 7. The van der Waals surface area contributed by atoms with Crippen LogP contribution in [0, 0.1) is 24.0 Å². The number of nitro benzene ring substituents is 1. The number of aryl methyl sites for hydroxylation is 2. The Morgan fingerprint density at radius 3 is 2.32 bits per heavy atom. The number of amides is 2. The summed E-state index contributed by atoms with van der Waals surface area (Å²) >= 11 is 0. The third-order valence-corrected chi connectivity index (χ3v) is 6.21. The molecule has 0 radical (unpaired) electrons. The first-order valence-electron chi connectivity index (χ1n) is 11.7. The Balaban J connectivity index is 1.42. The van der Waals surface area contributed by atoms with Crippen LogP contribution in [0.3, 0.4) is 0 Å². The quantitative estimate of drug-likeness (QED) is 0.190. The van der Waals surface area contributed by atoms with Crippen molar-refractivity contribution in [1.29, 1.82) is 0 Å². The van der Waals surface area contributed by atoms with E-state index in [2.05, 4.69) is 49.1 Å². The van der Waals surface area contributed by atoms with Crippen molar-refractivity contribution in [3.63, 3.8) is 0 Å². The van der Waals surface area contributed by atoms with Crippen molar-refractivity contribution in [1.82, 2.24) is 10.9 Å². The van der Waals surface area contributed by atoms with Gasteiger partial charge in [0.15, 0.2) is 5.75 Å². The molecule has 0 spiro atoms. The molecule has 4 N–H and O–H groups in total. The zero-order valence-corrected chi connectivity index (χ0v) is 20.9. The van der Waals surface area contributed by atoms with E-state index in [1.54, 1.807) is 6.07 Å². The highest BCUT2D eigenvalue weighted by atomic mass is 16.6. The smallest absolute Gasteiger partial charge is 0.311 e. The summed E-state index contributed by atoms with van der Waals surface area (Å²) in [6.45, 7) is 6.21. The zero-order valence-electron chi connectivity index (χ0n) is 20.9. The number of hydrazine groups is 1. The third-order valence-electron chi connectivity index (χ3n) is 6.21. The Bertz CT molecular complexity index is 1510. The maximum Gasteiger partial charge on any atom is 0.311 e. The second-order valence-electron chi connectivity index (χ2n) is 8.82. The third kappa shape index (κ3) is 5.65. The normalized spacial score (nSPS) is 11.4. The van der Waals surface area contributed by atoms with E-state index in [0.717, 1.165) is 28.9 Å². The Morgan fingerprint density at radius 1 is 0.921 bits per heavy atom. The number of nitrogens with one attached hydrogen (secondary N) is 3. The van der Waals surface area contributed by atoms with E-state index >= 15 is 0 Å². The van der Waals surface area contributed by atoms with Crippen molar-refractivity contribution >= 4 is 23.2 Å². The van der Waals surface area contributed by atoms with Crippen LogP contribution < -0.4 is 16.2 Å². The van der Waals surface area contributed by atoms with E-state index in [-0.39, 0.29) is 17.4 Å². The number of hydrogen-bond donors (Lipinski definition) is 4. The summed E-state index contributed by atoms with van der Waals surface area (Å²) in [5.41, 5.74) is 9.50. The van der Waals surface area contributed by atoms with E-state index in [1.165, 1.54) is 23.5 Å². The van der Waals surface area contributed by atoms with Crippen LogP contribution in [0.1, 0.15) is 50.6 Å². The fraction of sp³-hybridized carbons (Fsp3) is 0.143. The lowest BCUT2D eigenvalue weighted by atomic mass is 10.0. The van der Waals surface area contributed by atoms with Crippen LogP contribution in [0.25, 0.3) is 11.1 Å². The minimum absolute atomic E-state index is 0.0176. The lowest BCUT2D eigenvalue weighted by molar-refractivity contribution is -0.385. The molecule has 1 unspecified atom stereocenters. The number of nitro groups is 1. The van der Waals surface area contributed by atoms with Crippen molar-refractivity contribution in [2.75, 3.05) is 5.32 Å². The first-order valence-corrected chi connectivity index (χ1v) is 11.7. The van der Waals surface area contributed by atoms with Gasteiger partial charge in [0.25, 0.3) is 5.91 Å². The summed E-state index contributed by atoms with van der Waals surface area (Å²) in [5.74, 6) is -2.10. The van der Waals surface area contributed by atoms with Gasteiger partial charge in [-0.15, -0.1) is 0 Å². The SMILES string of the molecule is Cc1ccc(NC(C)c2ccc(-c3ccoc3C(=O)NNC(=O)c3ccc(O)c([N+](=O)[O-])c3)cc2)cc1C. The highest BCUT2D eigenvalue weighted by Gasteiger charge is 2.20. The maximum atomic E-state index is 12.7. The molecule has 0 fully saturated rings. The number of carbonyl (C=O) groups excluding carboxylic acids is 2. The fourth-order valence-electron chi connectivity index (χ4n) is 3.88. The first-order chi connectivity index (χ1) is 18.1. The van der Waals surface area contributed by atoms with Gasteiger partial charge in [-0.3, -0.25) is 30.6 Å². The number of nitrogens with zero attached hydrogens (tertiary/aromatic N) is 1. The maximum absolute atomic E-state index is 12.7. The molecule has 1 aromatic heterocycles. The lowest BCUT2D eigenvalue weighted by Crippen LogP contribution is -2.41. The van der Waals surface area contributed by atoms with Crippen molar-refractivity contribution in [2.24, 2.45) is 0 Å². The molecule has 0 aliphatic rings. The molecule has 4 aromatic rings. The highest BCUT2D eigenvalue weighted by molar-refractivity contribution is 6.01. The standard InChI is InChI=1S/C28H26N4O6/c1-16-4-10-22(14-17(16)2)29-18(3)19-5-7-20(8-6-19)23-12-13-38-26(23)28(35)31-30-27(34)21-9-11-25(33)24(15-21)32(36)37/h4-15,18,29,33H,1-3H3,(H,30,34)(H,31,35). The molecule has 0 aliphatic carbocycles. The Hall–Kier alpha value is -5.12. The van der Waals surface area contributed by atoms with E-state index < -0.39 is 28.2 Å². The lowest BCUT2D eigenvalue weighted by Gasteiger charge is -2.17. The van der Waals surface area contributed by atoms with Crippen molar-refractivity contribution < 1.29 is 24.0 Å². The van der Waals surface area contributed by atoms with Gasteiger partial charge in [0.2, 0.25) is 5.76 Å². The van der Waals surface area contributed by atoms with Crippen LogP contribution in [-0.2, 0) is 0 Å². The van der Waals surface area contributed by atoms with Gasteiger partial charge in [0.1, 0.15) is 0 Å². The molecule has 1 atom stereocenters. The fourth-order valence-corrected chi connectivity index (χ4v) is 3.88. The van der Waals surface area contributed by atoms with Crippen LogP contribution in [0.5, 0.6) is 5.75 Å². The number of carbonyl (C=O) groups is 2. The largest absolute Gasteiger partial charge is 0.502 e. The average molecular weight is 515 g/mol. The molecule has 0 bridgehead atoms. The number of furan rings is 1. The number of phenolic OH excluding ortho intramolecular Hbond substituents is 1. The zero-order chi connectivity index (χ0) is 27.4. The number of anilines is 1. The molecule has 2 amide bonds. The predicted octanol–water partition coefficient (Wildman–Crippen LogP) is 5.43. The van der Waals surface area contributed by atoms with Gasteiger partial charge in [-0.05, 0) is 73.4 Å². The molecule has 38 heavy (non-hydrogen) atoms. The van der Waals surface area contributed by atoms with Crippen LogP contribution in [0.4, 0.5) is 11.4 Å². The van der Waals surface area contributed by atoms with Gasteiger partial charge < -0.3 is 14.8 Å². The average Bonchev–Trinajstić information content (AvgIpc) is 3.39. The Kier molecular flexibility index (Phi) is 7.43. The molecule has 0 saturated carbocycles. The molecule has 4 rings (SSSR count). The van der Waals surface area contributed by atoms with E-state index in [4.69, 9.17) is 4.42 Å². The minimum Gasteiger partial charge on any atom is -0.502 e. The topological polar surface area (TPSA) is 147 Å². The van der Waals surface area contributed by atoms with E-state index in [0.29, 0.717) is 5.56 Å². The van der Waals surface area contributed by atoms with E-state index in [9.17, 15) is 24.8 Å². The van der Waals surface area contributed by atoms with Crippen molar-refractivity contribution in [2.45, 2.75) is 26.8 Å². The summed E-state index contributed by atoms with van der Waals surface area (Å²) in [5, 5.41) is 24.0. The summed E-state index contributed by atoms with van der Waals surface area (Å²) in [7, 11) is 0. The van der Waals surface area contributed by atoms with Gasteiger partial charge in [0, 0.05) is 28.9 Å². The van der Waals surface area contributed by atoms with Crippen LogP contribution in [0.15, 0.2) is 77.4 Å². The summed E-state index contributed by atoms with van der Waals surface area (Å²) in [6.07, 6.45) is 1.37. The van der Waals surface area contributed by atoms with Gasteiger partial charge in [-0.25, -0.2) is 0 Å². The van der Waals surface area contributed by atoms with Crippen LogP contribution in [-0.4, -0.2) is 21.8 Å². The molecule has 10 heteroatoms. The van der Waals surface area contributed by atoms with Gasteiger partial charge in [-0.1, -0.05) is 30.3 Å². The number of benzene rings is 3. The predicted molar refractivity (Wildman–Crippen MR) is 142 cm³/mol. The summed E-state index contributed by atoms with van der Waals surface area (Å²) < 4.78 is 5.36. The highest BCUT2D eigenvalue weighted by Crippen LogP contribution is 2.28. The van der Waals surface area contributed by atoms with E-state index in [1.807, 2.05) is 30.3 Å². The second kappa shape index (κ2) is 10.9. The molecular weight excluding hydrogens is 488 g/mol. The monoisotopic (exact) mass is 514 g/mol. The number of phenols is 1. The Morgan fingerprint density at radius 2 is 1.63 bits per heavy atom. The molecule has 3 aromatic carbocycles. The second-order valence-corrected chi connectivity index (χ2v) is 8.82. The molecular formula is C28H26N4O6. The number of aromatic hydroxyl groups is 1. The van der Waals surface area contributed by atoms with Gasteiger partial charge in [0.05, 0.1) is 11.2 Å². The van der Waals surface area contributed by atoms with Crippen LogP contribution >= 0.6 is 0 Å².